The van der Waals surface area contributed by atoms with Crippen LogP contribution in [0.1, 0.15) is 48.4 Å². The maximum absolute atomic E-state index is 12.4. The minimum atomic E-state index is -0.693. The number of carbonyl (C=O) groups excluding carboxylic acids is 3. The van der Waals surface area contributed by atoms with Crippen LogP contribution in [0.4, 0.5) is 9.93 Å². The number of fused-ring (bicyclic) bond motifs is 1. The lowest BCUT2D eigenvalue weighted by molar-refractivity contribution is -0.128. The van der Waals surface area contributed by atoms with Gasteiger partial charge in [0.05, 0.1) is 18.5 Å². The number of urea groups is 1. The van der Waals surface area contributed by atoms with Gasteiger partial charge in [-0.2, -0.15) is 0 Å². The predicted octanol–water partition coefficient (Wildman–Crippen LogP) is 2.84. The normalized spacial score (nSPS) is 19.3. The second kappa shape index (κ2) is 8.14. The van der Waals surface area contributed by atoms with Crippen LogP contribution >= 0.6 is 11.3 Å². The van der Waals surface area contributed by atoms with Gasteiger partial charge < -0.3 is 15.1 Å². The van der Waals surface area contributed by atoms with E-state index in [0.717, 1.165) is 29.9 Å². The van der Waals surface area contributed by atoms with E-state index in [1.54, 1.807) is 23.5 Å². The zero-order valence-corrected chi connectivity index (χ0v) is 16.2. The van der Waals surface area contributed by atoms with Crippen molar-refractivity contribution in [1.29, 1.82) is 0 Å². The number of anilines is 1. The van der Waals surface area contributed by atoms with Gasteiger partial charge in [-0.25, -0.2) is 9.78 Å². The lowest BCUT2D eigenvalue weighted by Gasteiger charge is -2.11. The summed E-state index contributed by atoms with van der Waals surface area (Å²) in [5.74, 6) is -0.00367. The van der Waals surface area contributed by atoms with E-state index < -0.39 is 12.1 Å². The zero-order valence-electron chi connectivity index (χ0n) is 15.4. The smallest absolute Gasteiger partial charge is 0.325 e. The van der Waals surface area contributed by atoms with Gasteiger partial charge in [-0.1, -0.05) is 6.42 Å². The summed E-state index contributed by atoms with van der Waals surface area (Å²) in [7, 11) is 0. The fourth-order valence-corrected chi connectivity index (χ4v) is 4.59. The van der Waals surface area contributed by atoms with Crippen molar-refractivity contribution in [3.63, 3.8) is 0 Å². The molecular formula is C19H22N4O4S. The van der Waals surface area contributed by atoms with E-state index in [2.05, 4.69) is 15.6 Å². The molecule has 4 amide bonds. The lowest BCUT2D eigenvalue weighted by atomic mass is 10.1. The number of rotatable bonds is 6. The Morgan fingerprint density at radius 2 is 2.18 bits per heavy atom. The first-order chi connectivity index (χ1) is 13.6. The largest absolute Gasteiger partial charge is 0.467 e. The number of nitrogens with one attached hydrogen (secondary N) is 2. The van der Waals surface area contributed by atoms with Crippen molar-refractivity contribution in [3.8, 4) is 0 Å². The molecule has 9 heteroatoms. The van der Waals surface area contributed by atoms with Gasteiger partial charge >= 0.3 is 6.03 Å². The molecule has 28 heavy (non-hydrogen) atoms. The quantitative estimate of drug-likeness (QED) is 0.571. The van der Waals surface area contributed by atoms with Crippen LogP contribution < -0.4 is 10.6 Å². The number of imide groups is 1. The average Bonchev–Trinajstić information content (AvgIpc) is 3.34. The van der Waals surface area contributed by atoms with Crippen LogP contribution in [0.2, 0.25) is 0 Å². The Bertz CT molecular complexity index is 853. The van der Waals surface area contributed by atoms with Crippen molar-refractivity contribution in [2.75, 3.05) is 5.32 Å². The van der Waals surface area contributed by atoms with Gasteiger partial charge in [0.1, 0.15) is 11.8 Å². The number of hydrogen-bond donors (Lipinski definition) is 2. The van der Waals surface area contributed by atoms with Crippen molar-refractivity contribution in [1.82, 2.24) is 15.2 Å². The van der Waals surface area contributed by atoms with E-state index in [9.17, 15) is 14.4 Å². The maximum Gasteiger partial charge on any atom is 0.325 e. The van der Waals surface area contributed by atoms with Crippen molar-refractivity contribution in [2.45, 2.75) is 57.5 Å². The molecule has 8 nitrogen and oxygen atoms in total. The summed E-state index contributed by atoms with van der Waals surface area (Å²) in [6.45, 7) is 0.0883. The van der Waals surface area contributed by atoms with E-state index in [4.69, 9.17) is 4.42 Å². The summed E-state index contributed by atoms with van der Waals surface area (Å²) < 4.78 is 5.19. The van der Waals surface area contributed by atoms with E-state index >= 15 is 0 Å². The highest BCUT2D eigenvalue weighted by Gasteiger charge is 2.38. The molecular weight excluding hydrogens is 380 g/mol. The van der Waals surface area contributed by atoms with Crippen molar-refractivity contribution >= 4 is 34.3 Å². The Hall–Kier alpha value is -2.68. The minimum Gasteiger partial charge on any atom is -0.467 e. The molecule has 1 saturated heterocycles. The van der Waals surface area contributed by atoms with Gasteiger partial charge in [0, 0.05) is 11.3 Å². The highest BCUT2D eigenvalue weighted by atomic mass is 32.1. The fourth-order valence-electron chi connectivity index (χ4n) is 3.52. The number of aromatic nitrogens is 1. The molecule has 0 spiro atoms. The van der Waals surface area contributed by atoms with Gasteiger partial charge in [0.15, 0.2) is 5.13 Å². The van der Waals surface area contributed by atoms with Crippen molar-refractivity contribution in [3.05, 3.63) is 34.7 Å². The first-order valence-corrected chi connectivity index (χ1v) is 10.3. The molecule has 1 atom stereocenters. The number of thiazole rings is 1. The molecule has 2 N–H and O–H groups in total. The van der Waals surface area contributed by atoms with E-state index in [1.807, 2.05) is 0 Å². The Kier molecular flexibility index (Phi) is 5.43. The number of aryl methyl sites for hydroxylation is 2. The van der Waals surface area contributed by atoms with Gasteiger partial charge in [0.25, 0.3) is 5.91 Å². The third kappa shape index (κ3) is 4.09. The van der Waals surface area contributed by atoms with Crippen LogP contribution in [0, 0.1) is 0 Å². The van der Waals surface area contributed by atoms with Crippen molar-refractivity contribution in [2.24, 2.45) is 0 Å². The Labute approximate surface area is 166 Å². The lowest BCUT2D eigenvalue weighted by Crippen LogP contribution is -2.31. The standard InChI is InChI=1S/C19H22N4O4S/c24-16(22-18-20-13-6-2-1-3-7-15(13)28-18)9-8-14-17(25)23(19(26)21-14)11-12-5-4-10-27-12/h4-5,10,14H,1-3,6-9,11H2,(H,21,26)(H,20,22,24)/t14-/m1/s1. The fraction of sp³-hybridized carbons (Fsp3) is 0.474. The van der Waals surface area contributed by atoms with Crippen LogP contribution in [0.15, 0.2) is 22.8 Å². The summed E-state index contributed by atoms with van der Waals surface area (Å²) in [4.78, 5) is 43.7. The Morgan fingerprint density at radius 3 is 3.00 bits per heavy atom. The minimum absolute atomic E-state index is 0.0883. The molecule has 0 unspecified atom stereocenters. The molecule has 2 aromatic rings. The summed E-state index contributed by atoms with van der Waals surface area (Å²) in [5, 5.41) is 6.09. The second-order valence-electron chi connectivity index (χ2n) is 7.04. The molecule has 0 radical (unpaired) electrons. The SMILES string of the molecule is O=C(CC[C@H]1NC(=O)N(Cc2ccco2)C1=O)Nc1nc2c(s1)CCCCC2. The van der Waals surface area contributed by atoms with Crippen LogP contribution in [0.3, 0.4) is 0 Å². The van der Waals surface area contributed by atoms with Crippen LogP contribution in [-0.4, -0.2) is 33.8 Å². The second-order valence-corrected chi connectivity index (χ2v) is 8.13. The molecule has 1 fully saturated rings. The summed E-state index contributed by atoms with van der Waals surface area (Å²) in [6, 6.07) is 2.25. The number of hydrogen-bond acceptors (Lipinski definition) is 6. The zero-order chi connectivity index (χ0) is 19.5. The highest BCUT2D eigenvalue weighted by Crippen LogP contribution is 2.29. The van der Waals surface area contributed by atoms with E-state index in [-0.39, 0.29) is 31.2 Å². The number of amides is 4. The van der Waals surface area contributed by atoms with Crippen LogP contribution in [-0.2, 0) is 29.0 Å². The Balaban J connectivity index is 1.29. The average molecular weight is 402 g/mol. The number of carbonyl (C=O) groups is 3. The molecule has 2 aromatic heterocycles. The maximum atomic E-state index is 12.4. The monoisotopic (exact) mass is 402 g/mol. The van der Waals surface area contributed by atoms with Gasteiger partial charge in [-0.05, 0) is 44.2 Å². The third-order valence-electron chi connectivity index (χ3n) is 5.00. The van der Waals surface area contributed by atoms with Crippen LogP contribution in [0.5, 0.6) is 0 Å². The van der Waals surface area contributed by atoms with E-state index in [0.29, 0.717) is 10.9 Å². The summed E-state index contributed by atoms with van der Waals surface area (Å²) >= 11 is 1.54. The van der Waals surface area contributed by atoms with Crippen LogP contribution in [0.25, 0.3) is 0 Å². The molecule has 3 heterocycles. The molecule has 1 aliphatic carbocycles. The van der Waals surface area contributed by atoms with E-state index in [1.165, 1.54) is 24.0 Å². The van der Waals surface area contributed by atoms with Gasteiger partial charge in [-0.15, -0.1) is 11.3 Å². The first-order valence-electron chi connectivity index (χ1n) is 9.53. The molecule has 0 bridgehead atoms. The number of furan rings is 1. The van der Waals surface area contributed by atoms with Gasteiger partial charge in [-0.3, -0.25) is 14.5 Å². The predicted molar refractivity (Wildman–Crippen MR) is 103 cm³/mol. The summed E-state index contributed by atoms with van der Waals surface area (Å²) in [6.07, 6.45) is 7.40. The van der Waals surface area contributed by atoms with Crippen molar-refractivity contribution < 1.29 is 18.8 Å². The third-order valence-corrected chi connectivity index (χ3v) is 6.08. The molecule has 1 aliphatic heterocycles. The molecule has 2 aliphatic rings. The molecule has 0 aromatic carbocycles. The first kappa shape index (κ1) is 18.7. The van der Waals surface area contributed by atoms with Gasteiger partial charge in [0.2, 0.25) is 5.91 Å². The highest BCUT2D eigenvalue weighted by molar-refractivity contribution is 7.15. The molecule has 0 saturated carbocycles. The Morgan fingerprint density at radius 1 is 1.32 bits per heavy atom. The number of nitrogens with zero attached hydrogens (tertiary/aromatic N) is 2. The topological polar surface area (TPSA) is 105 Å². The summed E-state index contributed by atoms with van der Waals surface area (Å²) in [5.41, 5.74) is 1.10. The molecule has 4 rings (SSSR count). The molecule has 148 valence electrons.